The predicted molar refractivity (Wildman–Crippen MR) is 97.9 cm³/mol. The number of halogens is 2. The van der Waals surface area contributed by atoms with Gasteiger partial charge in [0.25, 0.3) is 0 Å². The second-order valence-corrected chi connectivity index (χ2v) is 6.32. The Morgan fingerprint density at radius 2 is 2.11 bits per heavy atom. The van der Waals surface area contributed by atoms with Crippen LogP contribution in [0, 0.1) is 23.0 Å². The van der Waals surface area contributed by atoms with E-state index in [-0.39, 0.29) is 27.8 Å². The lowest BCUT2D eigenvalue weighted by molar-refractivity contribution is -0.115. The first kappa shape index (κ1) is 19.1. The van der Waals surface area contributed by atoms with Crippen LogP contribution in [0.15, 0.2) is 52.0 Å². The lowest BCUT2D eigenvalue weighted by atomic mass is 10.1. The number of rotatable bonds is 5. The van der Waals surface area contributed by atoms with Gasteiger partial charge in [-0.05, 0) is 30.3 Å². The van der Waals surface area contributed by atoms with E-state index in [9.17, 15) is 23.6 Å². The number of thiazole rings is 1. The number of ketones is 1. The number of hydrogen-bond donors (Lipinski definition) is 0. The largest absolute Gasteiger partial charge is 0.461 e. The highest BCUT2D eigenvalue weighted by molar-refractivity contribution is 7.14. The van der Waals surface area contributed by atoms with Gasteiger partial charge in [-0.3, -0.25) is 14.5 Å². The summed E-state index contributed by atoms with van der Waals surface area (Å²) in [5.41, 5.74) is -0.148. The van der Waals surface area contributed by atoms with Gasteiger partial charge in [-0.15, -0.1) is 11.3 Å². The molecule has 3 rings (SSSR count). The fraction of sp³-hybridized carbons (Fsp3) is 0.0526. The Balaban J connectivity index is 1.96. The van der Waals surface area contributed by atoms with Crippen molar-refractivity contribution in [2.24, 2.45) is 0 Å². The van der Waals surface area contributed by atoms with Crippen LogP contribution in [0.25, 0.3) is 6.08 Å². The molecule has 0 radical (unpaired) electrons. The van der Waals surface area contributed by atoms with E-state index in [1.807, 2.05) is 0 Å². The van der Waals surface area contributed by atoms with Crippen molar-refractivity contribution in [2.45, 2.75) is 6.92 Å². The third kappa shape index (κ3) is 3.87. The van der Waals surface area contributed by atoms with E-state index in [0.29, 0.717) is 6.07 Å². The normalized spacial score (nSPS) is 11.1. The van der Waals surface area contributed by atoms with Gasteiger partial charge in [-0.1, -0.05) is 0 Å². The van der Waals surface area contributed by atoms with Crippen molar-refractivity contribution in [2.75, 3.05) is 4.90 Å². The van der Waals surface area contributed by atoms with Crippen molar-refractivity contribution in [3.8, 4) is 6.07 Å². The fourth-order valence-electron chi connectivity index (χ4n) is 2.35. The average molecular weight is 399 g/mol. The first-order chi connectivity index (χ1) is 13.4. The van der Waals surface area contributed by atoms with Crippen LogP contribution in [-0.2, 0) is 4.79 Å². The molecule has 0 aliphatic carbocycles. The number of nitrogens with zero attached hydrogens (tertiary/aromatic N) is 3. The predicted octanol–water partition coefficient (Wildman–Crippen LogP) is 4.49. The minimum absolute atomic E-state index is 0.00185. The third-order valence-corrected chi connectivity index (χ3v) is 4.41. The van der Waals surface area contributed by atoms with Crippen LogP contribution in [0.4, 0.5) is 19.6 Å². The zero-order valence-electron chi connectivity index (χ0n) is 14.3. The standard InChI is InChI=1S/C19H11F2N3O3S/c1-11(25)24(16-5-4-13(20)8-15(16)21)19-23-14(10-28-19)7-12(9-22)18(26)17-3-2-6-27-17/h2-8,10H,1H3/b12-7+. The third-order valence-electron chi connectivity index (χ3n) is 3.57. The molecule has 0 spiro atoms. The monoisotopic (exact) mass is 399 g/mol. The number of carbonyl (C=O) groups excluding carboxylic acids is 2. The van der Waals surface area contributed by atoms with E-state index in [1.54, 1.807) is 6.07 Å². The van der Waals surface area contributed by atoms with Crippen molar-refractivity contribution in [1.29, 1.82) is 5.26 Å². The fourth-order valence-corrected chi connectivity index (χ4v) is 3.19. The molecule has 1 aromatic carbocycles. The molecule has 0 saturated heterocycles. The average Bonchev–Trinajstić information content (AvgIpc) is 3.33. The van der Waals surface area contributed by atoms with Crippen molar-refractivity contribution in [3.63, 3.8) is 0 Å². The summed E-state index contributed by atoms with van der Waals surface area (Å²) in [7, 11) is 0. The highest BCUT2D eigenvalue weighted by Gasteiger charge is 2.22. The Hall–Kier alpha value is -3.64. The first-order valence-corrected chi connectivity index (χ1v) is 8.70. The van der Waals surface area contributed by atoms with E-state index in [2.05, 4.69) is 4.98 Å². The van der Waals surface area contributed by atoms with Crippen LogP contribution in [0.2, 0.25) is 0 Å². The van der Waals surface area contributed by atoms with E-state index in [0.717, 1.165) is 28.4 Å². The Morgan fingerprint density at radius 3 is 2.71 bits per heavy atom. The van der Waals surface area contributed by atoms with Gasteiger partial charge in [0, 0.05) is 18.4 Å². The molecule has 2 aromatic heterocycles. The van der Waals surface area contributed by atoms with Gasteiger partial charge < -0.3 is 4.42 Å². The van der Waals surface area contributed by atoms with E-state index < -0.39 is 23.3 Å². The number of carbonyl (C=O) groups is 2. The van der Waals surface area contributed by atoms with Gasteiger partial charge in [0.2, 0.25) is 11.7 Å². The molecule has 28 heavy (non-hydrogen) atoms. The Kier molecular flexibility index (Phi) is 5.42. The number of allylic oxidation sites excluding steroid dienone is 1. The second kappa shape index (κ2) is 7.94. The zero-order chi connectivity index (χ0) is 20.3. The molecule has 1 amide bonds. The molecule has 0 N–H and O–H groups in total. The molecule has 0 fully saturated rings. The molecule has 3 aromatic rings. The SMILES string of the molecule is CC(=O)N(c1nc(/C=C(\C#N)C(=O)c2ccco2)cs1)c1ccc(F)cc1F. The number of amides is 1. The van der Waals surface area contributed by atoms with Gasteiger partial charge in [-0.2, -0.15) is 5.26 Å². The molecule has 2 heterocycles. The van der Waals surface area contributed by atoms with E-state index >= 15 is 0 Å². The van der Waals surface area contributed by atoms with Crippen LogP contribution >= 0.6 is 11.3 Å². The maximum absolute atomic E-state index is 14.1. The minimum atomic E-state index is -0.923. The molecule has 0 aliphatic heterocycles. The summed E-state index contributed by atoms with van der Waals surface area (Å²) in [6.07, 6.45) is 2.55. The number of Topliss-reactive ketones (excluding diaryl/α,β-unsaturated/α-hetero) is 1. The van der Waals surface area contributed by atoms with Crippen LogP contribution in [0.5, 0.6) is 0 Å². The summed E-state index contributed by atoms with van der Waals surface area (Å²) in [6.45, 7) is 1.21. The summed E-state index contributed by atoms with van der Waals surface area (Å²) >= 11 is 1.00. The maximum atomic E-state index is 14.1. The molecular formula is C19H11F2N3O3S. The van der Waals surface area contributed by atoms with Gasteiger partial charge in [0.15, 0.2) is 10.9 Å². The van der Waals surface area contributed by atoms with Crippen LogP contribution in [-0.4, -0.2) is 16.7 Å². The number of furan rings is 1. The number of nitriles is 1. The zero-order valence-corrected chi connectivity index (χ0v) is 15.2. The van der Waals surface area contributed by atoms with E-state index in [4.69, 9.17) is 4.42 Å². The highest BCUT2D eigenvalue weighted by Crippen LogP contribution is 2.31. The number of benzene rings is 1. The van der Waals surface area contributed by atoms with Crippen molar-refractivity contribution < 1.29 is 22.8 Å². The summed E-state index contributed by atoms with van der Waals surface area (Å²) in [4.78, 5) is 29.4. The maximum Gasteiger partial charge on any atom is 0.238 e. The number of aromatic nitrogens is 1. The topological polar surface area (TPSA) is 87.2 Å². The molecule has 9 heteroatoms. The smallest absolute Gasteiger partial charge is 0.238 e. The number of hydrogen-bond acceptors (Lipinski definition) is 6. The van der Waals surface area contributed by atoms with Crippen molar-refractivity contribution in [1.82, 2.24) is 4.98 Å². The minimum Gasteiger partial charge on any atom is -0.461 e. The highest BCUT2D eigenvalue weighted by atomic mass is 32.1. The molecule has 0 unspecified atom stereocenters. The lowest BCUT2D eigenvalue weighted by Crippen LogP contribution is -2.23. The van der Waals surface area contributed by atoms with Crippen molar-refractivity contribution >= 4 is 39.9 Å². The van der Waals surface area contributed by atoms with Crippen LogP contribution in [0.1, 0.15) is 23.2 Å². The quantitative estimate of drug-likeness (QED) is 0.358. The summed E-state index contributed by atoms with van der Waals surface area (Å²) in [6, 6.07) is 7.54. The second-order valence-electron chi connectivity index (χ2n) is 5.48. The molecular weight excluding hydrogens is 388 g/mol. The Morgan fingerprint density at radius 1 is 1.32 bits per heavy atom. The summed E-state index contributed by atoms with van der Waals surface area (Å²) < 4.78 is 32.3. The van der Waals surface area contributed by atoms with Crippen LogP contribution < -0.4 is 4.90 Å². The van der Waals surface area contributed by atoms with E-state index in [1.165, 1.54) is 36.8 Å². The molecule has 6 nitrogen and oxygen atoms in total. The molecule has 0 aliphatic rings. The van der Waals surface area contributed by atoms with Gasteiger partial charge in [-0.25, -0.2) is 13.8 Å². The van der Waals surface area contributed by atoms with Crippen LogP contribution in [0.3, 0.4) is 0 Å². The summed E-state index contributed by atoms with van der Waals surface area (Å²) in [5, 5.41) is 10.8. The molecule has 140 valence electrons. The van der Waals surface area contributed by atoms with Gasteiger partial charge in [0.05, 0.1) is 17.6 Å². The Labute approximate surface area is 162 Å². The first-order valence-electron chi connectivity index (χ1n) is 7.82. The molecule has 0 saturated carbocycles. The Bertz CT molecular complexity index is 1110. The molecule has 0 bridgehead atoms. The number of anilines is 2. The lowest BCUT2D eigenvalue weighted by Gasteiger charge is -2.18. The van der Waals surface area contributed by atoms with Gasteiger partial charge >= 0.3 is 0 Å². The molecule has 0 atom stereocenters. The van der Waals surface area contributed by atoms with Gasteiger partial charge in [0.1, 0.15) is 23.3 Å². The summed E-state index contributed by atoms with van der Waals surface area (Å²) in [5.74, 6) is -2.85. The van der Waals surface area contributed by atoms with Crippen molar-refractivity contribution in [3.05, 3.63) is 70.6 Å².